The van der Waals surface area contributed by atoms with E-state index in [2.05, 4.69) is 41.1 Å². The molecule has 0 bridgehead atoms. The molecule has 0 aromatic heterocycles. The normalized spacial score (nSPS) is 14.1. The Morgan fingerprint density at radius 1 is 1.33 bits per heavy atom. The number of alkyl halides is 1. The van der Waals surface area contributed by atoms with Crippen LogP contribution in [-0.2, 0) is 6.42 Å². The average molecular weight is 355 g/mol. The zero-order valence-electron chi connectivity index (χ0n) is 13.5. The molecule has 3 heteroatoms. The number of ether oxygens (including phenoxy) is 1. The molecule has 1 atom stereocenters. The smallest absolute Gasteiger partial charge is 0.118 e. The molecule has 0 aliphatic rings. The average Bonchev–Trinajstić information content (AvgIpc) is 2.44. The van der Waals surface area contributed by atoms with E-state index in [1.54, 1.807) is 7.11 Å². The molecule has 2 nitrogen and oxygen atoms in total. The van der Waals surface area contributed by atoms with Gasteiger partial charge in [0, 0.05) is 4.83 Å². The molecule has 21 heavy (non-hydrogen) atoms. The van der Waals surface area contributed by atoms with Gasteiger partial charge in [0.1, 0.15) is 5.75 Å². The monoisotopic (exact) mass is 354 g/mol. The third kappa shape index (κ3) is 7.14. The molecule has 0 heterocycles. The van der Waals surface area contributed by atoms with Crippen molar-refractivity contribution in [3.05, 3.63) is 41.5 Å². The molecule has 1 aromatic carbocycles. The van der Waals surface area contributed by atoms with Gasteiger partial charge in [0.2, 0.25) is 0 Å². The van der Waals surface area contributed by atoms with Crippen molar-refractivity contribution in [2.45, 2.75) is 56.9 Å². The summed E-state index contributed by atoms with van der Waals surface area (Å²) in [7, 11) is 1.69. The summed E-state index contributed by atoms with van der Waals surface area (Å²) in [4.78, 5) is 0.134. The lowest BCUT2D eigenvalue weighted by Gasteiger charge is -2.24. The van der Waals surface area contributed by atoms with E-state index < -0.39 is 5.60 Å². The van der Waals surface area contributed by atoms with Gasteiger partial charge in [-0.15, -0.1) is 0 Å². The summed E-state index contributed by atoms with van der Waals surface area (Å²) in [5, 5.41) is 9.89. The first-order valence-electron chi connectivity index (χ1n) is 7.48. The summed E-state index contributed by atoms with van der Waals surface area (Å²) in [5.41, 5.74) is 2.05. The van der Waals surface area contributed by atoms with Gasteiger partial charge in [-0.05, 0) is 64.2 Å². The second-order valence-corrected chi connectivity index (χ2v) is 7.20. The van der Waals surface area contributed by atoms with Crippen LogP contribution in [0.5, 0.6) is 5.75 Å². The number of aliphatic hydroxyl groups is 1. The molecule has 0 fully saturated rings. The van der Waals surface area contributed by atoms with Crippen LogP contribution in [0.3, 0.4) is 0 Å². The highest BCUT2D eigenvalue weighted by atomic mass is 79.9. The topological polar surface area (TPSA) is 29.5 Å². The van der Waals surface area contributed by atoms with E-state index >= 15 is 0 Å². The van der Waals surface area contributed by atoms with Crippen molar-refractivity contribution in [1.29, 1.82) is 0 Å². The van der Waals surface area contributed by atoms with Crippen LogP contribution in [0.4, 0.5) is 0 Å². The Balaban J connectivity index is 2.35. The maximum Gasteiger partial charge on any atom is 0.118 e. The number of benzene rings is 1. The van der Waals surface area contributed by atoms with E-state index in [4.69, 9.17) is 4.74 Å². The third-order valence-corrected chi connectivity index (χ3v) is 5.22. The van der Waals surface area contributed by atoms with Gasteiger partial charge in [-0.25, -0.2) is 0 Å². The number of hydrogen-bond donors (Lipinski definition) is 1. The Bertz CT molecular complexity index is 443. The lowest BCUT2D eigenvalue weighted by molar-refractivity contribution is 0.0774. The van der Waals surface area contributed by atoms with Crippen molar-refractivity contribution in [3.8, 4) is 5.75 Å². The first-order valence-corrected chi connectivity index (χ1v) is 8.39. The third-order valence-electron chi connectivity index (χ3n) is 3.64. The Hall–Kier alpha value is -0.800. The molecule has 0 unspecified atom stereocenters. The largest absolute Gasteiger partial charge is 0.497 e. The highest BCUT2D eigenvalue weighted by Crippen LogP contribution is 2.24. The fourth-order valence-corrected chi connectivity index (χ4v) is 2.32. The minimum Gasteiger partial charge on any atom is -0.497 e. The fourth-order valence-electron chi connectivity index (χ4n) is 2.09. The predicted octanol–water partition coefficient (Wildman–Crippen LogP) is 4.89. The van der Waals surface area contributed by atoms with E-state index in [0.29, 0.717) is 0 Å². The SMILES string of the molecule is COc1ccc(CC/C=C(\C)CC[C@@H](Br)C(C)(C)O)cc1. The summed E-state index contributed by atoms with van der Waals surface area (Å²) in [5.74, 6) is 0.903. The standard InChI is InChI=1S/C18H27BrO2/c1-14(8-13-17(19)18(2,3)20)6-5-7-15-9-11-16(21-4)12-10-15/h6,9-12,17,20H,5,7-8,13H2,1-4H3/b14-6+/t17-/m1/s1. The Morgan fingerprint density at radius 2 is 1.95 bits per heavy atom. The minimum atomic E-state index is -0.663. The van der Waals surface area contributed by atoms with Crippen molar-refractivity contribution < 1.29 is 9.84 Å². The lowest BCUT2D eigenvalue weighted by atomic mass is 9.98. The Kier molecular flexibility index (Phi) is 7.47. The van der Waals surface area contributed by atoms with Gasteiger partial charge in [-0.3, -0.25) is 0 Å². The van der Waals surface area contributed by atoms with E-state index in [9.17, 15) is 5.11 Å². The molecule has 0 radical (unpaired) electrons. The van der Waals surface area contributed by atoms with E-state index in [0.717, 1.165) is 31.4 Å². The molecule has 0 saturated heterocycles. The summed E-state index contributed by atoms with van der Waals surface area (Å²) in [6, 6.07) is 8.24. The number of rotatable bonds is 8. The molecule has 0 amide bonds. The van der Waals surface area contributed by atoms with Crippen LogP contribution in [0.2, 0.25) is 0 Å². The summed E-state index contributed by atoms with van der Waals surface area (Å²) in [6.07, 6.45) is 6.36. The van der Waals surface area contributed by atoms with Crippen molar-refractivity contribution >= 4 is 15.9 Å². The van der Waals surface area contributed by atoms with Gasteiger partial charge < -0.3 is 9.84 Å². The second-order valence-electron chi connectivity index (χ2n) is 6.10. The van der Waals surface area contributed by atoms with Crippen LogP contribution >= 0.6 is 15.9 Å². The highest BCUT2D eigenvalue weighted by molar-refractivity contribution is 9.09. The Morgan fingerprint density at radius 3 is 2.48 bits per heavy atom. The van der Waals surface area contributed by atoms with Crippen LogP contribution in [0.25, 0.3) is 0 Å². The van der Waals surface area contributed by atoms with Gasteiger partial charge in [-0.2, -0.15) is 0 Å². The molecule has 0 saturated carbocycles. The molecule has 1 N–H and O–H groups in total. The first-order chi connectivity index (χ1) is 9.82. The van der Waals surface area contributed by atoms with Crippen molar-refractivity contribution in [2.75, 3.05) is 7.11 Å². The second kappa shape index (κ2) is 8.60. The zero-order chi connectivity index (χ0) is 15.9. The summed E-state index contributed by atoms with van der Waals surface area (Å²) in [6.45, 7) is 5.85. The van der Waals surface area contributed by atoms with Gasteiger partial charge in [-0.1, -0.05) is 39.7 Å². The van der Waals surface area contributed by atoms with Gasteiger partial charge in [0.15, 0.2) is 0 Å². The van der Waals surface area contributed by atoms with Crippen molar-refractivity contribution in [2.24, 2.45) is 0 Å². The van der Waals surface area contributed by atoms with Gasteiger partial charge >= 0.3 is 0 Å². The number of aryl methyl sites for hydroxylation is 1. The Labute approximate surface area is 137 Å². The fraction of sp³-hybridized carbons (Fsp3) is 0.556. The molecule has 1 aromatic rings. The number of allylic oxidation sites excluding steroid dienone is 2. The van der Waals surface area contributed by atoms with Crippen LogP contribution in [0, 0.1) is 0 Å². The molecule has 0 aliphatic heterocycles. The number of halogens is 1. The molecule has 0 aliphatic carbocycles. The lowest BCUT2D eigenvalue weighted by Crippen LogP contribution is -2.31. The molecular formula is C18H27BrO2. The molecule has 1 rings (SSSR count). The van der Waals surface area contributed by atoms with Crippen LogP contribution < -0.4 is 4.74 Å². The summed E-state index contributed by atoms with van der Waals surface area (Å²) >= 11 is 3.56. The quantitative estimate of drug-likeness (QED) is 0.531. The van der Waals surface area contributed by atoms with Crippen LogP contribution in [0.15, 0.2) is 35.9 Å². The van der Waals surface area contributed by atoms with E-state index in [-0.39, 0.29) is 4.83 Å². The summed E-state index contributed by atoms with van der Waals surface area (Å²) < 4.78 is 5.16. The maximum absolute atomic E-state index is 9.89. The van der Waals surface area contributed by atoms with Crippen molar-refractivity contribution in [3.63, 3.8) is 0 Å². The molecule has 118 valence electrons. The van der Waals surface area contributed by atoms with E-state index in [1.165, 1.54) is 11.1 Å². The number of hydrogen-bond acceptors (Lipinski definition) is 2. The predicted molar refractivity (Wildman–Crippen MR) is 93.3 cm³/mol. The minimum absolute atomic E-state index is 0.134. The maximum atomic E-state index is 9.89. The number of methoxy groups -OCH3 is 1. The molecular weight excluding hydrogens is 328 g/mol. The zero-order valence-corrected chi connectivity index (χ0v) is 15.1. The van der Waals surface area contributed by atoms with Crippen molar-refractivity contribution in [1.82, 2.24) is 0 Å². The van der Waals surface area contributed by atoms with Gasteiger partial charge in [0.05, 0.1) is 12.7 Å². The van der Waals surface area contributed by atoms with Crippen LogP contribution in [-0.4, -0.2) is 22.6 Å². The van der Waals surface area contributed by atoms with Gasteiger partial charge in [0.25, 0.3) is 0 Å². The van der Waals surface area contributed by atoms with Crippen LogP contribution in [0.1, 0.15) is 45.6 Å². The van der Waals surface area contributed by atoms with E-state index in [1.807, 2.05) is 26.0 Å². The molecule has 0 spiro atoms. The first kappa shape index (κ1) is 18.2. The highest BCUT2D eigenvalue weighted by Gasteiger charge is 2.23.